The van der Waals surface area contributed by atoms with Gasteiger partial charge in [-0.3, -0.25) is 19.3 Å². The van der Waals surface area contributed by atoms with Crippen LogP contribution in [0.5, 0.6) is 0 Å². The van der Waals surface area contributed by atoms with Crippen LogP contribution in [0.25, 0.3) is 10.9 Å². The topological polar surface area (TPSA) is 105 Å². The first-order valence-electron chi connectivity index (χ1n) is 11.3. The van der Waals surface area contributed by atoms with Crippen LogP contribution >= 0.6 is 0 Å². The quantitative estimate of drug-likeness (QED) is 0.246. The van der Waals surface area contributed by atoms with E-state index in [1.165, 1.54) is 11.8 Å². The Labute approximate surface area is 192 Å². The van der Waals surface area contributed by atoms with Crippen LogP contribution in [0.3, 0.4) is 0 Å². The molecule has 1 aromatic heterocycles. The third kappa shape index (κ3) is 4.68. The van der Waals surface area contributed by atoms with E-state index >= 15 is 0 Å². The fourth-order valence-electron chi connectivity index (χ4n) is 4.73. The number of ether oxygens (including phenoxy) is 1. The van der Waals surface area contributed by atoms with Crippen LogP contribution in [0.1, 0.15) is 60.5 Å². The van der Waals surface area contributed by atoms with Crippen molar-refractivity contribution in [1.82, 2.24) is 9.88 Å². The maximum absolute atomic E-state index is 13.8. The predicted octanol–water partition coefficient (Wildman–Crippen LogP) is 4.06. The van der Waals surface area contributed by atoms with Gasteiger partial charge in [0.25, 0.3) is 11.7 Å². The van der Waals surface area contributed by atoms with Crippen molar-refractivity contribution in [2.75, 3.05) is 0 Å². The number of hydrogen-bond acceptors (Lipinski definition) is 5. The highest BCUT2D eigenvalue weighted by Crippen LogP contribution is 2.37. The van der Waals surface area contributed by atoms with Gasteiger partial charge in [0.05, 0.1) is 5.56 Å². The van der Waals surface area contributed by atoms with E-state index < -0.39 is 23.4 Å². The molecule has 1 saturated carbocycles. The fourth-order valence-corrected chi connectivity index (χ4v) is 4.73. The molecule has 0 saturated heterocycles. The highest BCUT2D eigenvalue weighted by atomic mass is 16.6. The highest BCUT2D eigenvalue weighted by molar-refractivity contribution is 6.45. The average molecular weight is 448 g/mol. The molecule has 3 aromatic rings. The number of Topliss-reactive ketones (excluding diaryl/α,β-unsaturated/α-hetero) is 1. The molecule has 0 unspecified atom stereocenters. The van der Waals surface area contributed by atoms with Gasteiger partial charge in [-0.15, -0.1) is 0 Å². The third-order valence-corrected chi connectivity index (χ3v) is 6.30. The van der Waals surface area contributed by atoms with Crippen LogP contribution in [0.2, 0.25) is 0 Å². The van der Waals surface area contributed by atoms with Gasteiger partial charge in [0.15, 0.2) is 5.72 Å². The summed E-state index contributed by atoms with van der Waals surface area (Å²) in [6.45, 7) is 1.86. The second-order valence-corrected chi connectivity index (χ2v) is 8.59. The van der Waals surface area contributed by atoms with Gasteiger partial charge in [-0.25, -0.2) is 0 Å². The second kappa shape index (κ2) is 9.58. The molecule has 0 bridgehead atoms. The number of carbonyl (C=O) groups is 3. The zero-order chi connectivity index (χ0) is 23.4. The minimum atomic E-state index is -1.15. The summed E-state index contributed by atoms with van der Waals surface area (Å²) in [5, 5.41) is 0.686. The molecule has 3 N–H and O–H groups in total. The van der Waals surface area contributed by atoms with Crippen molar-refractivity contribution < 1.29 is 19.1 Å². The molecule has 1 amide bonds. The number of benzene rings is 2. The lowest BCUT2D eigenvalue weighted by Crippen LogP contribution is -2.56. The van der Waals surface area contributed by atoms with E-state index in [9.17, 15) is 14.4 Å². The Morgan fingerprint density at radius 3 is 2.48 bits per heavy atom. The maximum Gasteiger partial charge on any atom is 0.304 e. The summed E-state index contributed by atoms with van der Waals surface area (Å²) in [4.78, 5) is 43.9. The molecule has 7 heteroatoms. The first-order valence-corrected chi connectivity index (χ1v) is 11.3. The number of fused-ring (bicyclic) bond motifs is 1. The van der Waals surface area contributed by atoms with E-state index in [0.29, 0.717) is 30.3 Å². The molecule has 172 valence electrons. The van der Waals surface area contributed by atoms with E-state index in [-0.39, 0.29) is 6.54 Å². The number of nitrogens with zero attached hydrogens (tertiary/aromatic N) is 1. The third-order valence-electron chi connectivity index (χ3n) is 6.30. The van der Waals surface area contributed by atoms with Crippen molar-refractivity contribution in [3.05, 3.63) is 71.4 Å². The molecule has 1 aliphatic rings. The highest BCUT2D eigenvalue weighted by Gasteiger charge is 2.45. The minimum Gasteiger partial charge on any atom is -0.439 e. The summed E-state index contributed by atoms with van der Waals surface area (Å²) in [5.74, 6) is -1.77. The molecule has 1 aliphatic carbocycles. The molecular formula is C26H29N3O4. The number of ketones is 1. The van der Waals surface area contributed by atoms with Gasteiger partial charge in [0.2, 0.25) is 0 Å². The zero-order valence-electron chi connectivity index (χ0n) is 18.8. The molecular weight excluding hydrogens is 418 g/mol. The van der Waals surface area contributed by atoms with Crippen molar-refractivity contribution in [2.45, 2.75) is 57.8 Å². The summed E-state index contributed by atoms with van der Waals surface area (Å²) in [5.41, 5.74) is 7.49. The van der Waals surface area contributed by atoms with Crippen molar-refractivity contribution in [3.63, 3.8) is 0 Å². The lowest BCUT2D eigenvalue weighted by atomic mass is 9.89. The Morgan fingerprint density at radius 2 is 1.76 bits per heavy atom. The van der Waals surface area contributed by atoms with Gasteiger partial charge in [-0.05, 0) is 30.0 Å². The van der Waals surface area contributed by atoms with Gasteiger partial charge in [0, 0.05) is 50.0 Å². The lowest BCUT2D eigenvalue weighted by Gasteiger charge is -2.45. The largest absolute Gasteiger partial charge is 0.439 e. The first kappa shape index (κ1) is 22.7. The van der Waals surface area contributed by atoms with Crippen LogP contribution in [-0.2, 0) is 27.4 Å². The molecule has 7 nitrogen and oxygen atoms in total. The number of amides is 1. The Bertz CT molecular complexity index is 1180. The number of carbonyl (C=O) groups excluding carboxylic acids is 3. The van der Waals surface area contributed by atoms with Gasteiger partial charge in [-0.1, -0.05) is 48.9 Å². The first-order chi connectivity index (χ1) is 15.9. The van der Waals surface area contributed by atoms with E-state index in [0.717, 1.165) is 35.9 Å². The molecule has 2 aromatic carbocycles. The SMILES string of the molecule is CC(=O)OC1(N(Cc2cccc(CN)c2)C(=O)C(=O)c2c[nH]c3ccccc23)CCCCC1. The van der Waals surface area contributed by atoms with Gasteiger partial charge in [0.1, 0.15) is 0 Å². The molecule has 0 aliphatic heterocycles. The van der Waals surface area contributed by atoms with E-state index in [4.69, 9.17) is 10.5 Å². The normalized spacial score (nSPS) is 15.2. The molecule has 4 rings (SSSR count). The van der Waals surface area contributed by atoms with E-state index in [1.54, 1.807) is 6.20 Å². The van der Waals surface area contributed by atoms with E-state index in [2.05, 4.69) is 4.98 Å². The predicted molar refractivity (Wildman–Crippen MR) is 125 cm³/mol. The van der Waals surface area contributed by atoms with E-state index in [1.807, 2.05) is 48.5 Å². The van der Waals surface area contributed by atoms with Gasteiger partial charge in [-0.2, -0.15) is 0 Å². The van der Waals surface area contributed by atoms with Crippen molar-refractivity contribution >= 4 is 28.6 Å². The summed E-state index contributed by atoms with van der Waals surface area (Å²) in [7, 11) is 0. The summed E-state index contributed by atoms with van der Waals surface area (Å²) >= 11 is 0. The van der Waals surface area contributed by atoms with Crippen LogP contribution < -0.4 is 5.73 Å². The zero-order valence-corrected chi connectivity index (χ0v) is 18.8. The molecule has 1 heterocycles. The van der Waals surface area contributed by atoms with Gasteiger partial charge >= 0.3 is 5.97 Å². The number of aromatic amines is 1. The Kier molecular flexibility index (Phi) is 6.60. The van der Waals surface area contributed by atoms with Crippen molar-refractivity contribution in [1.29, 1.82) is 0 Å². The number of nitrogens with two attached hydrogens (primary N) is 1. The van der Waals surface area contributed by atoms with Crippen LogP contribution in [0.15, 0.2) is 54.7 Å². The average Bonchev–Trinajstić information content (AvgIpc) is 3.26. The molecule has 1 fully saturated rings. The number of H-pyrrole nitrogens is 1. The van der Waals surface area contributed by atoms with Crippen LogP contribution in [-0.4, -0.2) is 33.3 Å². The van der Waals surface area contributed by atoms with Gasteiger partial charge < -0.3 is 15.5 Å². The molecule has 0 radical (unpaired) electrons. The minimum absolute atomic E-state index is 0.147. The Balaban J connectivity index is 1.75. The number of aromatic nitrogens is 1. The summed E-state index contributed by atoms with van der Waals surface area (Å²) < 4.78 is 5.83. The number of hydrogen-bond donors (Lipinski definition) is 2. The van der Waals surface area contributed by atoms with Crippen molar-refractivity contribution in [2.24, 2.45) is 5.73 Å². The monoisotopic (exact) mass is 447 g/mol. The molecule has 33 heavy (non-hydrogen) atoms. The maximum atomic E-state index is 13.8. The number of esters is 1. The number of nitrogens with one attached hydrogen (secondary N) is 1. The molecule has 0 spiro atoms. The summed E-state index contributed by atoms with van der Waals surface area (Å²) in [6, 6.07) is 15.0. The smallest absolute Gasteiger partial charge is 0.304 e. The lowest BCUT2D eigenvalue weighted by molar-refractivity contribution is -0.195. The van der Waals surface area contributed by atoms with Crippen LogP contribution in [0.4, 0.5) is 0 Å². The molecule has 0 atom stereocenters. The number of rotatable bonds is 7. The Hall–Kier alpha value is -3.45. The van der Waals surface area contributed by atoms with Crippen LogP contribution in [0, 0.1) is 0 Å². The number of para-hydroxylation sites is 1. The second-order valence-electron chi connectivity index (χ2n) is 8.59. The Morgan fingerprint density at radius 1 is 1.03 bits per heavy atom. The van der Waals surface area contributed by atoms with Crippen molar-refractivity contribution in [3.8, 4) is 0 Å². The fraction of sp³-hybridized carbons (Fsp3) is 0.346. The summed E-state index contributed by atoms with van der Waals surface area (Å²) in [6.07, 6.45) is 5.16. The standard InChI is InChI=1S/C26H29N3O4/c1-18(30)33-26(12-5-2-6-13-26)29(17-20-9-7-8-19(14-20)15-27)25(32)24(31)22-16-28-23-11-4-3-10-21(22)23/h3-4,7-11,14,16,28H,2,5-6,12-13,15,17,27H2,1H3.